The van der Waals surface area contributed by atoms with E-state index in [1.54, 1.807) is 6.07 Å². The number of rotatable bonds is 3. The van der Waals surface area contributed by atoms with Crippen LogP contribution in [0.5, 0.6) is 0 Å². The highest BCUT2D eigenvalue weighted by Crippen LogP contribution is 2.40. The third-order valence-electron chi connectivity index (χ3n) is 4.55. The highest BCUT2D eigenvalue weighted by molar-refractivity contribution is 5.86. The van der Waals surface area contributed by atoms with Crippen LogP contribution in [-0.4, -0.2) is 22.2 Å². The number of aliphatic hydroxyl groups is 1. The minimum atomic E-state index is -0.679. The first-order valence-electron chi connectivity index (χ1n) is 7.48. The lowest BCUT2D eigenvalue weighted by Crippen LogP contribution is -2.42. The van der Waals surface area contributed by atoms with Gasteiger partial charge in [0.25, 0.3) is 6.01 Å². The Bertz CT molecular complexity index is 638. The van der Waals surface area contributed by atoms with Crippen molar-refractivity contribution in [2.45, 2.75) is 45.1 Å². The Morgan fingerprint density at radius 1 is 1.29 bits per heavy atom. The Balaban J connectivity index is 1.68. The topological polar surface area (TPSA) is 84.3 Å². The van der Waals surface area contributed by atoms with Gasteiger partial charge in [0.15, 0.2) is 5.58 Å². The van der Waals surface area contributed by atoms with Crippen molar-refractivity contribution in [2.75, 3.05) is 17.6 Å². The lowest BCUT2D eigenvalue weighted by molar-refractivity contribution is -0.0148. The second kappa shape index (κ2) is 4.91. The average molecular weight is 289 g/mol. The molecule has 0 unspecified atom stereocenters. The fourth-order valence-electron chi connectivity index (χ4n) is 2.85. The number of hydrogen-bond donors (Lipinski definition) is 3. The first kappa shape index (κ1) is 14.2. The summed E-state index contributed by atoms with van der Waals surface area (Å²) in [7, 11) is 0. The summed E-state index contributed by atoms with van der Waals surface area (Å²) in [5, 5.41) is 13.8. The number of benzene rings is 1. The molecule has 1 aliphatic rings. The van der Waals surface area contributed by atoms with Crippen LogP contribution in [0.2, 0.25) is 0 Å². The van der Waals surface area contributed by atoms with Gasteiger partial charge in [-0.1, -0.05) is 19.9 Å². The fraction of sp³-hybridized carbons (Fsp3) is 0.562. The van der Waals surface area contributed by atoms with E-state index in [9.17, 15) is 5.11 Å². The van der Waals surface area contributed by atoms with Gasteiger partial charge in [0.1, 0.15) is 5.52 Å². The van der Waals surface area contributed by atoms with Gasteiger partial charge in [0.2, 0.25) is 0 Å². The van der Waals surface area contributed by atoms with E-state index in [1.807, 2.05) is 12.1 Å². The van der Waals surface area contributed by atoms with Gasteiger partial charge in [0, 0.05) is 6.54 Å². The molecule has 0 bridgehead atoms. The number of nitrogens with one attached hydrogen (secondary N) is 1. The minimum absolute atomic E-state index is 0.332. The van der Waals surface area contributed by atoms with Crippen LogP contribution in [0, 0.1) is 5.41 Å². The quantitative estimate of drug-likeness (QED) is 0.756. The minimum Gasteiger partial charge on any atom is -0.423 e. The van der Waals surface area contributed by atoms with Crippen LogP contribution < -0.4 is 11.1 Å². The highest BCUT2D eigenvalue weighted by Gasteiger charge is 2.36. The van der Waals surface area contributed by atoms with Crippen molar-refractivity contribution >= 4 is 22.8 Å². The van der Waals surface area contributed by atoms with Crippen LogP contribution in [0.3, 0.4) is 0 Å². The molecule has 21 heavy (non-hydrogen) atoms. The molecule has 1 aliphatic carbocycles. The lowest BCUT2D eigenvalue weighted by Gasteiger charge is -2.40. The molecule has 1 fully saturated rings. The molecule has 1 heterocycles. The first-order chi connectivity index (χ1) is 9.87. The molecule has 5 nitrogen and oxygen atoms in total. The van der Waals surface area contributed by atoms with Gasteiger partial charge in [-0.05, 0) is 43.2 Å². The van der Waals surface area contributed by atoms with Crippen LogP contribution in [-0.2, 0) is 0 Å². The molecular formula is C16H23N3O2. The largest absolute Gasteiger partial charge is 0.423 e. The molecule has 0 radical (unpaired) electrons. The second-order valence-corrected chi connectivity index (χ2v) is 6.96. The summed E-state index contributed by atoms with van der Waals surface area (Å²) in [5.41, 5.74) is 7.44. The third kappa shape index (κ3) is 2.97. The molecule has 0 spiro atoms. The summed E-state index contributed by atoms with van der Waals surface area (Å²) in [6.45, 7) is 4.96. The smallest absolute Gasteiger partial charge is 0.295 e. The van der Waals surface area contributed by atoms with Crippen molar-refractivity contribution in [3.8, 4) is 0 Å². The molecule has 0 aliphatic heterocycles. The van der Waals surface area contributed by atoms with E-state index < -0.39 is 5.60 Å². The van der Waals surface area contributed by atoms with E-state index in [2.05, 4.69) is 24.1 Å². The third-order valence-corrected chi connectivity index (χ3v) is 4.55. The molecule has 5 heteroatoms. The van der Waals surface area contributed by atoms with E-state index in [1.165, 1.54) is 0 Å². The van der Waals surface area contributed by atoms with Crippen molar-refractivity contribution in [1.82, 2.24) is 4.98 Å². The number of nitrogens with two attached hydrogens (primary N) is 1. The molecule has 0 atom stereocenters. The molecule has 4 N–H and O–H groups in total. The fourth-order valence-corrected chi connectivity index (χ4v) is 2.85. The number of nitrogens with zero attached hydrogens (tertiary/aromatic N) is 1. The van der Waals surface area contributed by atoms with Gasteiger partial charge in [-0.2, -0.15) is 4.98 Å². The highest BCUT2D eigenvalue weighted by atomic mass is 16.4. The van der Waals surface area contributed by atoms with Crippen molar-refractivity contribution in [1.29, 1.82) is 0 Å². The molecule has 114 valence electrons. The standard InChI is InChI=1S/C16H23N3O2/c1-15(2)6-8-16(20,9-7-15)10-18-14-19-13-11(17)4-3-5-12(13)21-14/h3-5,20H,6-10,17H2,1-2H3,(H,18,19). The van der Waals surface area contributed by atoms with Crippen molar-refractivity contribution in [3.05, 3.63) is 18.2 Å². The summed E-state index contributed by atoms with van der Waals surface area (Å²) in [6, 6.07) is 5.89. The number of hydrogen-bond acceptors (Lipinski definition) is 5. The van der Waals surface area contributed by atoms with Crippen LogP contribution in [0.15, 0.2) is 22.6 Å². The Kier molecular flexibility index (Phi) is 3.32. The van der Waals surface area contributed by atoms with Gasteiger partial charge in [-0.25, -0.2) is 0 Å². The van der Waals surface area contributed by atoms with E-state index in [-0.39, 0.29) is 0 Å². The maximum atomic E-state index is 10.6. The molecular weight excluding hydrogens is 266 g/mol. The van der Waals surface area contributed by atoms with Crippen molar-refractivity contribution < 1.29 is 9.52 Å². The van der Waals surface area contributed by atoms with Crippen LogP contribution in [0.1, 0.15) is 39.5 Å². The summed E-state index contributed by atoms with van der Waals surface area (Å²) in [6.07, 6.45) is 3.67. The second-order valence-electron chi connectivity index (χ2n) is 6.96. The monoisotopic (exact) mass is 289 g/mol. The maximum absolute atomic E-state index is 10.6. The summed E-state index contributed by atoms with van der Waals surface area (Å²) >= 11 is 0. The summed E-state index contributed by atoms with van der Waals surface area (Å²) < 4.78 is 5.61. The van der Waals surface area contributed by atoms with Crippen molar-refractivity contribution in [2.24, 2.45) is 5.41 Å². The average Bonchev–Trinajstić information content (AvgIpc) is 2.86. The Hall–Kier alpha value is -1.75. The van der Waals surface area contributed by atoms with Gasteiger partial charge in [-0.3, -0.25) is 0 Å². The zero-order valence-electron chi connectivity index (χ0n) is 12.6. The Labute approximate surface area is 124 Å². The van der Waals surface area contributed by atoms with Crippen molar-refractivity contribution in [3.63, 3.8) is 0 Å². The molecule has 3 rings (SSSR count). The molecule has 2 aromatic rings. The van der Waals surface area contributed by atoms with E-state index >= 15 is 0 Å². The number of anilines is 2. The molecule has 0 saturated heterocycles. The Morgan fingerprint density at radius 2 is 2.00 bits per heavy atom. The zero-order chi connectivity index (χ0) is 15.1. The number of para-hydroxylation sites is 1. The van der Waals surface area contributed by atoms with Gasteiger partial charge in [0.05, 0.1) is 11.3 Å². The Morgan fingerprint density at radius 3 is 2.67 bits per heavy atom. The maximum Gasteiger partial charge on any atom is 0.295 e. The molecule has 0 amide bonds. The lowest BCUT2D eigenvalue weighted by atomic mass is 9.71. The number of oxazole rings is 1. The van der Waals surface area contributed by atoms with E-state index in [4.69, 9.17) is 10.2 Å². The predicted molar refractivity (Wildman–Crippen MR) is 84.1 cm³/mol. The molecule has 1 aromatic carbocycles. The van der Waals surface area contributed by atoms with Gasteiger partial charge < -0.3 is 20.6 Å². The first-order valence-corrected chi connectivity index (χ1v) is 7.48. The molecule has 1 aromatic heterocycles. The predicted octanol–water partition coefficient (Wildman–Crippen LogP) is 3.15. The van der Waals surface area contributed by atoms with E-state index in [0.717, 1.165) is 25.7 Å². The number of nitrogen functional groups attached to an aromatic ring is 1. The zero-order valence-corrected chi connectivity index (χ0v) is 12.6. The SMILES string of the molecule is CC1(C)CCC(O)(CNc2nc3c(N)cccc3o2)CC1. The van der Waals surface area contributed by atoms with Crippen LogP contribution >= 0.6 is 0 Å². The number of aromatic nitrogens is 1. The summed E-state index contributed by atoms with van der Waals surface area (Å²) in [4.78, 5) is 4.34. The molecule has 1 saturated carbocycles. The van der Waals surface area contributed by atoms with Crippen LogP contribution in [0.25, 0.3) is 11.1 Å². The normalized spacial score (nSPS) is 20.5. The van der Waals surface area contributed by atoms with Gasteiger partial charge in [-0.15, -0.1) is 0 Å². The van der Waals surface area contributed by atoms with Gasteiger partial charge >= 0.3 is 0 Å². The van der Waals surface area contributed by atoms with E-state index in [0.29, 0.717) is 34.8 Å². The van der Waals surface area contributed by atoms with Crippen LogP contribution in [0.4, 0.5) is 11.7 Å². The summed E-state index contributed by atoms with van der Waals surface area (Å²) in [5.74, 6) is 0. The number of fused-ring (bicyclic) bond motifs is 1.